The molecule has 21 heavy (non-hydrogen) atoms. The maximum absolute atomic E-state index is 12.8. The van der Waals surface area contributed by atoms with Crippen LogP contribution in [0.25, 0.3) is 11.3 Å². The molecule has 1 aromatic heterocycles. The number of hydrogen-bond acceptors (Lipinski definition) is 3. The van der Waals surface area contributed by atoms with Crippen molar-refractivity contribution in [2.24, 2.45) is 5.92 Å². The number of aromatic nitrogens is 2. The third-order valence-corrected chi connectivity index (χ3v) is 4.26. The van der Waals surface area contributed by atoms with Gasteiger partial charge in [-0.3, -0.25) is 9.89 Å². The molecule has 2 heterocycles. The maximum Gasteiger partial charge on any atom is 0.258 e. The van der Waals surface area contributed by atoms with Crippen LogP contribution in [0.5, 0.6) is 0 Å². The van der Waals surface area contributed by atoms with E-state index in [2.05, 4.69) is 17.1 Å². The van der Waals surface area contributed by atoms with E-state index in [0.717, 1.165) is 17.7 Å². The summed E-state index contributed by atoms with van der Waals surface area (Å²) in [7, 11) is 0. The van der Waals surface area contributed by atoms with E-state index in [1.807, 2.05) is 30.3 Å². The summed E-state index contributed by atoms with van der Waals surface area (Å²) in [6.07, 6.45) is 2.50. The lowest BCUT2D eigenvalue weighted by Crippen LogP contribution is -2.39. The van der Waals surface area contributed by atoms with Crippen LogP contribution in [-0.4, -0.2) is 45.3 Å². The van der Waals surface area contributed by atoms with Gasteiger partial charge in [0.05, 0.1) is 30.1 Å². The number of likely N-dealkylation sites (tertiary alicyclic amines) is 1. The van der Waals surface area contributed by atoms with Crippen LogP contribution in [0.2, 0.25) is 0 Å². The molecule has 0 saturated carbocycles. The van der Waals surface area contributed by atoms with Crippen molar-refractivity contribution in [3.8, 4) is 11.3 Å². The summed E-state index contributed by atoms with van der Waals surface area (Å²) in [5.74, 6) is 0.261. The number of carbonyl (C=O) groups excluding carboxylic acids is 1. The third-order valence-electron chi connectivity index (χ3n) is 4.26. The minimum atomic E-state index is -0.101. The Bertz CT molecular complexity index is 623. The van der Waals surface area contributed by atoms with Gasteiger partial charge in [0.15, 0.2) is 0 Å². The van der Waals surface area contributed by atoms with Crippen LogP contribution >= 0.6 is 0 Å². The number of benzene rings is 1. The van der Waals surface area contributed by atoms with Gasteiger partial charge < -0.3 is 10.0 Å². The van der Waals surface area contributed by atoms with Crippen LogP contribution in [0.1, 0.15) is 23.7 Å². The average molecular weight is 285 g/mol. The Kier molecular flexibility index (Phi) is 3.75. The van der Waals surface area contributed by atoms with E-state index < -0.39 is 0 Å². The highest BCUT2D eigenvalue weighted by Crippen LogP contribution is 2.28. The molecular formula is C16H19N3O2. The van der Waals surface area contributed by atoms with Crippen molar-refractivity contribution in [3.63, 3.8) is 0 Å². The second kappa shape index (κ2) is 5.69. The fraction of sp³-hybridized carbons (Fsp3) is 0.375. The molecule has 3 rings (SSSR count). The van der Waals surface area contributed by atoms with Gasteiger partial charge in [-0.25, -0.2) is 0 Å². The van der Waals surface area contributed by atoms with E-state index >= 15 is 0 Å². The first-order valence-electron chi connectivity index (χ1n) is 7.23. The quantitative estimate of drug-likeness (QED) is 0.905. The van der Waals surface area contributed by atoms with Crippen LogP contribution in [0.15, 0.2) is 36.5 Å². The summed E-state index contributed by atoms with van der Waals surface area (Å²) in [5, 5.41) is 16.5. The van der Waals surface area contributed by atoms with Gasteiger partial charge in [-0.1, -0.05) is 37.3 Å². The highest BCUT2D eigenvalue weighted by atomic mass is 16.3. The lowest BCUT2D eigenvalue weighted by atomic mass is 10.0. The highest BCUT2D eigenvalue weighted by molar-refractivity contribution is 6.00. The van der Waals surface area contributed by atoms with Gasteiger partial charge in [-0.15, -0.1) is 0 Å². The molecule has 1 amide bonds. The van der Waals surface area contributed by atoms with Crippen molar-refractivity contribution >= 4 is 5.91 Å². The van der Waals surface area contributed by atoms with Crippen LogP contribution in [-0.2, 0) is 0 Å². The summed E-state index contributed by atoms with van der Waals surface area (Å²) in [4.78, 5) is 14.5. The van der Waals surface area contributed by atoms with Gasteiger partial charge in [-0.05, 0) is 12.3 Å². The molecule has 2 aromatic rings. The number of carbonyl (C=O) groups is 1. The molecule has 2 unspecified atom stereocenters. The Morgan fingerprint density at radius 1 is 1.43 bits per heavy atom. The van der Waals surface area contributed by atoms with Gasteiger partial charge in [-0.2, -0.15) is 5.10 Å². The summed E-state index contributed by atoms with van der Waals surface area (Å²) >= 11 is 0. The van der Waals surface area contributed by atoms with E-state index in [9.17, 15) is 9.90 Å². The van der Waals surface area contributed by atoms with Crippen molar-refractivity contribution < 1.29 is 9.90 Å². The molecule has 2 N–H and O–H groups in total. The number of amides is 1. The monoisotopic (exact) mass is 285 g/mol. The molecule has 1 aliphatic heterocycles. The first kappa shape index (κ1) is 13.8. The number of nitrogens with zero attached hydrogens (tertiary/aromatic N) is 2. The Balaban J connectivity index is 1.92. The van der Waals surface area contributed by atoms with Gasteiger partial charge in [0.25, 0.3) is 5.91 Å². The van der Waals surface area contributed by atoms with Crippen LogP contribution in [0.4, 0.5) is 0 Å². The summed E-state index contributed by atoms with van der Waals surface area (Å²) in [6, 6.07) is 9.58. The van der Waals surface area contributed by atoms with Crippen molar-refractivity contribution in [1.82, 2.24) is 15.1 Å². The molecule has 0 spiro atoms. The second-order valence-electron chi connectivity index (χ2n) is 5.54. The molecule has 1 saturated heterocycles. The predicted octanol–water partition coefficient (Wildman–Crippen LogP) is 1.92. The predicted molar refractivity (Wildman–Crippen MR) is 79.7 cm³/mol. The molecule has 5 heteroatoms. The topological polar surface area (TPSA) is 69.2 Å². The molecular weight excluding hydrogens is 266 g/mol. The van der Waals surface area contributed by atoms with E-state index in [0.29, 0.717) is 18.0 Å². The first-order chi connectivity index (χ1) is 10.2. The van der Waals surface area contributed by atoms with Crippen molar-refractivity contribution in [2.75, 3.05) is 13.2 Å². The van der Waals surface area contributed by atoms with Gasteiger partial charge in [0.2, 0.25) is 0 Å². The van der Waals surface area contributed by atoms with Crippen LogP contribution in [0, 0.1) is 5.92 Å². The van der Waals surface area contributed by atoms with Crippen LogP contribution < -0.4 is 0 Å². The second-order valence-corrected chi connectivity index (χ2v) is 5.54. The van der Waals surface area contributed by atoms with Gasteiger partial charge in [0.1, 0.15) is 0 Å². The first-order valence-corrected chi connectivity index (χ1v) is 7.23. The Labute approximate surface area is 123 Å². The smallest absolute Gasteiger partial charge is 0.258 e. The van der Waals surface area contributed by atoms with Crippen molar-refractivity contribution in [1.29, 1.82) is 0 Å². The number of aromatic amines is 1. The number of hydrogen-bond donors (Lipinski definition) is 2. The summed E-state index contributed by atoms with van der Waals surface area (Å²) < 4.78 is 0. The Morgan fingerprint density at radius 3 is 2.90 bits per heavy atom. The zero-order valence-electron chi connectivity index (χ0n) is 12.0. The molecule has 1 aliphatic rings. The number of H-pyrrole nitrogens is 1. The maximum atomic E-state index is 12.8. The molecule has 5 nitrogen and oxygen atoms in total. The molecule has 1 aromatic carbocycles. The highest BCUT2D eigenvalue weighted by Gasteiger charge is 2.35. The normalized spacial score (nSPS) is 21.7. The Hall–Kier alpha value is -2.14. The van der Waals surface area contributed by atoms with Crippen LogP contribution in [0.3, 0.4) is 0 Å². The molecule has 0 radical (unpaired) electrons. The lowest BCUT2D eigenvalue weighted by molar-refractivity contribution is 0.0649. The Morgan fingerprint density at radius 2 is 2.19 bits per heavy atom. The fourth-order valence-electron chi connectivity index (χ4n) is 2.97. The molecule has 0 aliphatic carbocycles. The number of aliphatic hydroxyl groups excluding tert-OH is 1. The number of rotatable bonds is 3. The average Bonchev–Trinajstić information content (AvgIpc) is 3.13. The standard InChI is InChI=1S/C16H19N3O2/c1-11-7-8-19(14(11)10-20)16(21)13-9-17-18-15(13)12-5-3-2-4-6-12/h2-6,9,11,14,20H,7-8,10H2,1H3,(H,17,18). The summed E-state index contributed by atoms with van der Waals surface area (Å²) in [5.41, 5.74) is 2.23. The number of nitrogens with one attached hydrogen (secondary N) is 1. The van der Waals surface area contributed by atoms with Gasteiger partial charge in [0, 0.05) is 12.1 Å². The van der Waals surface area contributed by atoms with E-state index in [1.165, 1.54) is 0 Å². The number of aliphatic hydroxyl groups is 1. The minimum absolute atomic E-state index is 0.00539. The largest absolute Gasteiger partial charge is 0.394 e. The molecule has 2 atom stereocenters. The SMILES string of the molecule is CC1CCN(C(=O)c2cn[nH]c2-c2ccccc2)C1CO. The minimum Gasteiger partial charge on any atom is -0.394 e. The van der Waals surface area contributed by atoms with E-state index in [1.54, 1.807) is 11.1 Å². The van der Waals surface area contributed by atoms with E-state index in [4.69, 9.17) is 0 Å². The van der Waals surface area contributed by atoms with Crippen molar-refractivity contribution in [2.45, 2.75) is 19.4 Å². The lowest BCUT2D eigenvalue weighted by Gasteiger charge is -2.25. The fourth-order valence-corrected chi connectivity index (χ4v) is 2.97. The van der Waals surface area contributed by atoms with Crippen molar-refractivity contribution in [3.05, 3.63) is 42.1 Å². The van der Waals surface area contributed by atoms with Gasteiger partial charge >= 0.3 is 0 Å². The summed E-state index contributed by atoms with van der Waals surface area (Å²) in [6.45, 7) is 2.76. The molecule has 1 fully saturated rings. The zero-order chi connectivity index (χ0) is 14.8. The molecule has 0 bridgehead atoms. The zero-order valence-corrected chi connectivity index (χ0v) is 12.0. The molecule has 110 valence electrons. The van der Waals surface area contributed by atoms with E-state index in [-0.39, 0.29) is 18.6 Å². The third kappa shape index (κ3) is 2.45.